The number of thiophene rings is 1. The van der Waals surface area contributed by atoms with Crippen LogP contribution in [0.2, 0.25) is 0 Å². The van der Waals surface area contributed by atoms with E-state index in [0.717, 1.165) is 9.56 Å². The number of anilines is 1. The lowest BCUT2D eigenvalue weighted by atomic mass is 10.0. The van der Waals surface area contributed by atoms with Crippen LogP contribution in [0.4, 0.5) is 19.0 Å². The van der Waals surface area contributed by atoms with Crippen molar-refractivity contribution in [2.24, 2.45) is 0 Å². The van der Waals surface area contributed by atoms with Gasteiger partial charge in [0.25, 0.3) is 5.91 Å². The SMILES string of the molecule is O=C(c1nn2c(c1Br)N[C@@H](c1cccs1)C[C@@H]2C(F)(F)F)N1CCOCC1. The lowest BCUT2D eigenvalue weighted by molar-refractivity contribution is -0.173. The van der Waals surface area contributed by atoms with E-state index in [1.807, 2.05) is 5.38 Å². The van der Waals surface area contributed by atoms with Gasteiger partial charge in [0.1, 0.15) is 5.82 Å². The molecule has 27 heavy (non-hydrogen) atoms. The van der Waals surface area contributed by atoms with Gasteiger partial charge >= 0.3 is 6.18 Å². The molecule has 1 amide bonds. The summed E-state index contributed by atoms with van der Waals surface area (Å²) in [5, 5.41) is 8.99. The number of halogens is 4. The smallest absolute Gasteiger partial charge is 0.378 e. The molecule has 0 saturated carbocycles. The Kier molecular flexibility index (Phi) is 4.93. The molecular weight excluding hydrogens is 449 g/mol. The zero-order valence-corrected chi connectivity index (χ0v) is 16.4. The third-order valence-corrected chi connectivity index (χ3v) is 6.42. The number of amides is 1. The number of carbonyl (C=O) groups is 1. The van der Waals surface area contributed by atoms with Gasteiger partial charge in [0.05, 0.1) is 23.7 Å². The van der Waals surface area contributed by atoms with Crippen molar-refractivity contribution in [3.63, 3.8) is 0 Å². The highest BCUT2D eigenvalue weighted by atomic mass is 79.9. The van der Waals surface area contributed by atoms with Crippen molar-refractivity contribution in [1.29, 1.82) is 0 Å². The maximum atomic E-state index is 13.7. The second kappa shape index (κ2) is 7.10. The average Bonchev–Trinajstić information content (AvgIpc) is 3.29. The van der Waals surface area contributed by atoms with Gasteiger partial charge in [-0.2, -0.15) is 18.3 Å². The molecule has 4 heterocycles. The molecule has 6 nitrogen and oxygen atoms in total. The number of morpholine rings is 1. The predicted molar refractivity (Wildman–Crippen MR) is 97.0 cm³/mol. The van der Waals surface area contributed by atoms with Crippen LogP contribution in [0.3, 0.4) is 0 Å². The van der Waals surface area contributed by atoms with Crippen LogP contribution in [0.1, 0.15) is 33.9 Å². The number of alkyl halides is 3. The second-order valence-electron chi connectivity index (χ2n) is 6.37. The molecule has 0 aromatic carbocycles. The molecule has 1 fully saturated rings. The highest BCUT2D eigenvalue weighted by Gasteiger charge is 2.48. The summed E-state index contributed by atoms with van der Waals surface area (Å²) in [5.74, 6) is -0.221. The molecule has 4 rings (SSSR count). The van der Waals surface area contributed by atoms with Crippen LogP contribution in [0.5, 0.6) is 0 Å². The van der Waals surface area contributed by atoms with Crippen LogP contribution in [0.25, 0.3) is 0 Å². The van der Waals surface area contributed by atoms with Crippen molar-refractivity contribution in [2.45, 2.75) is 24.7 Å². The van der Waals surface area contributed by atoms with Crippen LogP contribution in [0.15, 0.2) is 22.0 Å². The first-order valence-corrected chi connectivity index (χ1v) is 10.0. The van der Waals surface area contributed by atoms with E-state index >= 15 is 0 Å². The third-order valence-electron chi connectivity index (χ3n) is 4.68. The first kappa shape index (κ1) is 18.8. The minimum atomic E-state index is -4.48. The summed E-state index contributed by atoms with van der Waals surface area (Å²) < 4.78 is 47.5. The lowest BCUT2D eigenvalue weighted by Crippen LogP contribution is -2.41. The van der Waals surface area contributed by atoms with Gasteiger partial charge in [-0.25, -0.2) is 4.68 Å². The Morgan fingerprint density at radius 3 is 2.74 bits per heavy atom. The van der Waals surface area contributed by atoms with Crippen LogP contribution >= 0.6 is 27.3 Å². The minimum Gasteiger partial charge on any atom is -0.378 e. The normalized spacial score (nSPS) is 23.0. The molecule has 11 heteroatoms. The molecule has 146 valence electrons. The second-order valence-corrected chi connectivity index (χ2v) is 8.14. The first-order chi connectivity index (χ1) is 12.9. The van der Waals surface area contributed by atoms with Crippen molar-refractivity contribution in [2.75, 3.05) is 31.6 Å². The fourth-order valence-electron chi connectivity index (χ4n) is 3.32. The van der Waals surface area contributed by atoms with E-state index in [4.69, 9.17) is 4.74 Å². The largest absolute Gasteiger partial charge is 0.410 e. The Labute approximate surface area is 165 Å². The number of ether oxygens (including phenoxy) is 1. The molecule has 0 unspecified atom stereocenters. The number of nitrogens with zero attached hydrogens (tertiary/aromatic N) is 3. The molecule has 2 atom stereocenters. The van der Waals surface area contributed by atoms with E-state index in [9.17, 15) is 18.0 Å². The van der Waals surface area contributed by atoms with Gasteiger partial charge in [0, 0.05) is 24.4 Å². The van der Waals surface area contributed by atoms with E-state index < -0.39 is 24.2 Å². The summed E-state index contributed by atoms with van der Waals surface area (Å²) in [6, 6.07) is 1.31. The number of hydrogen-bond donors (Lipinski definition) is 1. The number of carbonyl (C=O) groups excluding carboxylic acids is 1. The van der Waals surface area contributed by atoms with Crippen molar-refractivity contribution < 1.29 is 22.7 Å². The minimum absolute atomic E-state index is 0.0134. The van der Waals surface area contributed by atoms with E-state index in [0.29, 0.717) is 26.3 Å². The maximum Gasteiger partial charge on any atom is 0.410 e. The predicted octanol–water partition coefficient (Wildman–Crippen LogP) is 3.84. The lowest BCUT2D eigenvalue weighted by Gasteiger charge is -2.33. The molecule has 1 N–H and O–H groups in total. The van der Waals surface area contributed by atoms with Crippen molar-refractivity contribution in [1.82, 2.24) is 14.7 Å². The molecular formula is C16H16BrF3N4O2S. The summed E-state index contributed by atoms with van der Waals surface area (Å²) in [7, 11) is 0. The number of hydrogen-bond acceptors (Lipinski definition) is 5. The van der Waals surface area contributed by atoms with Crippen molar-refractivity contribution in [3.05, 3.63) is 32.6 Å². The van der Waals surface area contributed by atoms with Crippen molar-refractivity contribution in [3.8, 4) is 0 Å². The fourth-order valence-corrected chi connectivity index (χ4v) is 4.65. The zero-order valence-electron chi connectivity index (χ0n) is 14.0. The van der Waals surface area contributed by atoms with E-state index in [1.54, 1.807) is 17.0 Å². The van der Waals surface area contributed by atoms with E-state index in [1.165, 1.54) is 11.3 Å². The molecule has 0 aliphatic carbocycles. The van der Waals surface area contributed by atoms with Crippen LogP contribution < -0.4 is 5.32 Å². The van der Waals surface area contributed by atoms with Gasteiger partial charge in [0.2, 0.25) is 0 Å². The Bertz CT molecular complexity index is 834. The van der Waals surface area contributed by atoms with Gasteiger partial charge in [-0.1, -0.05) is 6.07 Å². The standard InChI is InChI=1S/C16H16BrF3N4O2S/c17-12-13(15(25)23-3-5-26-6-4-23)22-24-11(16(18,19)20)8-9(21-14(12)24)10-2-1-7-27-10/h1-2,7,9,11,21H,3-6,8H2/t9-,11-/m1/s1. The maximum absolute atomic E-state index is 13.7. The van der Waals surface area contributed by atoms with Crippen LogP contribution in [-0.2, 0) is 4.74 Å². The van der Waals surface area contributed by atoms with Gasteiger partial charge in [-0.15, -0.1) is 11.3 Å². The Balaban J connectivity index is 1.72. The Hall–Kier alpha value is -1.59. The molecule has 2 aromatic heterocycles. The third kappa shape index (κ3) is 3.47. The topological polar surface area (TPSA) is 59.4 Å². The highest BCUT2D eigenvalue weighted by Crippen LogP contribution is 2.47. The van der Waals surface area contributed by atoms with Gasteiger partial charge in [0.15, 0.2) is 11.7 Å². The molecule has 2 aliphatic rings. The highest BCUT2D eigenvalue weighted by molar-refractivity contribution is 9.10. The monoisotopic (exact) mass is 464 g/mol. The zero-order chi connectivity index (χ0) is 19.2. The summed E-state index contributed by atoms with van der Waals surface area (Å²) in [6.07, 6.45) is -4.66. The quantitative estimate of drug-likeness (QED) is 0.733. The average molecular weight is 465 g/mol. The van der Waals surface area contributed by atoms with Crippen molar-refractivity contribution >= 4 is 39.0 Å². The summed E-state index contributed by atoms with van der Waals surface area (Å²) >= 11 is 4.70. The summed E-state index contributed by atoms with van der Waals surface area (Å²) in [6.45, 7) is 1.59. The Morgan fingerprint density at radius 1 is 1.37 bits per heavy atom. The van der Waals surface area contributed by atoms with Gasteiger partial charge < -0.3 is 15.0 Å². The number of aromatic nitrogens is 2. The molecule has 0 bridgehead atoms. The Morgan fingerprint density at radius 2 is 2.11 bits per heavy atom. The molecule has 2 aliphatic heterocycles. The van der Waals surface area contributed by atoms with E-state index in [2.05, 4.69) is 26.3 Å². The molecule has 2 aromatic rings. The van der Waals surface area contributed by atoms with Crippen LogP contribution in [0, 0.1) is 0 Å². The number of fused-ring (bicyclic) bond motifs is 1. The van der Waals surface area contributed by atoms with E-state index in [-0.39, 0.29) is 22.4 Å². The molecule has 0 spiro atoms. The molecule has 0 radical (unpaired) electrons. The van der Waals surface area contributed by atoms with Crippen LogP contribution in [-0.4, -0.2) is 53.1 Å². The van der Waals surface area contributed by atoms with Gasteiger partial charge in [-0.3, -0.25) is 4.79 Å². The number of rotatable bonds is 2. The summed E-state index contributed by atoms with van der Waals surface area (Å²) in [5.41, 5.74) is -0.0134. The summed E-state index contributed by atoms with van der Waals surface area (Å²) in [4.78, 5) is 15.1. The fraction of sp³-hybridized carbons (Fsp3) is 0.500. The molecule has 1 saturated heterocycles. The number of nitrogens with one attached hydrogen (secondary N) is 1. The first-order valence-electron chi connectivity index (χ1n) is 8.38. The van der Waals surface area contributed by atoms with Gasteiger partial charge in [-0.05, 0) is 27.4 Å².